The van der Waals surface area contributed by atoms with E-state index in [1.165, 1.54) is 212 Å². The fourth-order valence-corrected chi connectivity index (χ4v) is 8.11. The number of carbonyl (C=O) groups excluding carboxylic acids is 1. The molecule has 0 aromatic heterocycles. The molecule has 0 aromatic rings. The molecule has 0 saturated heterocycles. The molecular formula is C49H99NO5. The molecule has 0 fully saturated rings. The van der Waals surface area contributed by atoms with Crippen LogP contribution in [0.15, 0.2) is 0 Å². The average Bonchev–Trinajstić information content (AvgIpc) is 3.19. The molecule has 4 unspecified atom stereocenters. The maximum Gasteiger partial charge on any atom is 0.249 e. The summed E-state index contributed by atoms with van der Waals surface area (Å²) in [6.45, 7) is 4.08. The van der Waals surface area contributed by atoms with Crippen LogP contribution in [0.5, 0.6) is 0 Å². The summed E-state index contributed by atoms with van der Waals surface area (Å²) in [6, 6.07) is -0.979. The van der Waals surface area contributed by atoms with Crippen molar-refractivity contribution in [3.05, 3.63) is 0 Å². The Labute approximate surface area is 343 Å². The molecule has 0 rings (SSSR count). The zero-order chi connectivity index (χ0) is 40.3. The number of hydrogen-bond acceptors (Lipinski definition) is 5. The van der Waals surface area contributed by atoms with E-state index in [4.69, 9.17) is 0 Å². The summed E-state index contributed by atoms with van der Waals surface area (Å²) in [4.78, 5) is 12.5. The fourth-order valence-electron chi connectivity index (χ4n) is 8.11. The van der Waals surface area contributed by atoms with E-state index >= 15 is 0 Å². The number of hydrogen-bond donors (Lipinski definition) is 5. The van der Waals surface area contributed by atoms with Gasteiger partial charge in [0.05, 0.1) is 18.8 Å². The van der Waals surface area contributed by atoms with Crippen LogP contribution < -0.4 is 5.32 Å². The number of carbonyl (C=O) groups is 1. The lowest BCUT2D eigenvalue weighted by Gasteiger charge is -2.27. The average molecular weight is 782 g/mol. The number of aliphatic hydroxyl groups is 4. The van der Waals surface area contributed by atoms with Crippen LogP contribution >= 0.6 is 0 Å². The SMILES string of the molecule is CCCCCCCCCCCCCCCCCCCCCCCCC(O)C(O)C(CO)NC(=O)C(O)CCCCCCCCCCCCCCCCCCC. The van der Waals surface area contributed by atoms with E-state index in [1.807, 2.05) is 0 Å². The fraction of sp³-hybridized carbons (Fsp3) is 0.980. The number of unbranched alkanes of at least 4 members (excludes halogenated alkanes) is 37. The van der Waals surface area contributed by atoms with Crippen molar-refractivity contribution in [1.82, 2.24) is 5.32 Å². The number of rotatable bonds is 46. The van der Waals surface area contributed by atoms with E-state index < -0.39 is 36.9 Å². The van der Waals surface area contributed by atoms with Crippen LogP contribution in [0.4, 0.5) is 0 Å². The first-order chi connectivity index (χ1) is 27.0. The molecule has 0 aromatic carbocycles. The van der Waals surface area contributed by atoms with Gasteiger partial charge in [0.25, 0.3) is 0 Å². The van der Waals surface area contributed by atoms with Gasteiger partial charge >= 0.3 is 0 Å². The van der Waals surface area contributed by atoms with Crippen molar-refractivity contribution in [3.8, 4) is 0 Å². The van der Waals surface area contributed by atoms with Crippen molar-refractivity contribution in [1.29, 1.82) is 0 Å². The minimum Gasteiger partial charge on any atom is -0.394 e. The maximum atomic E-state index is 12.5. The lowest BCUT2D eigenvalue weighted by atomic mass is 9.99. The first kappa shape index (κ1) is 54.3. The van der Waals surface area contributed by atoms with Crippen molar-refractivity contribution in [2.45, 2.75) is 301 Å². The summed E-state index contributed by atoms with van der Waals surface area (Å²) < 4.78 is 0. The lowest BCUT2D eigenvalue weighted by Crippen LogP contribution is -2.53. The number of nitrogens with one attached hydrogen (secondary N) is 1. The highest BCUT2D eigenvalue weighted by molar-refractivity contribution is 5.80. The first-order valence-electron chi connectivity index (χ1n) is 24.9. The molecule has 55 heavy (non-hydrogen) atoms. The monoisotopic (exact) mass is 782 g/mol. The summed E-state index contributed by atoms with van der Waals surface area (Å²) >= 11 is 0. The molecular weight excluding hydrogens is 683 g/mol. The van der Waals surface area contributed by atoms with Crippen LogP contribution in [0.1, 0.15) is 277 Å². The Hall–Kier alpha value is -0.690. The smallest absolute Gasteiger partial charge is 0.249 e. The van der Waals surface area contributed by atoms with E-state index in [9.17, 15) is 25.2 Å². The minimum absolute atomic E-state index is 0.376. The van der Waals surface area contributed by atoms with Crippen LogP contribution in [0.2, 0.25) is 0 Å². The van der Waals surface area contributed by atoms with E-state index in [0.29, 0.717) is 12.8 Å². The van der Waals surface area contributed by atoms with Crippen molar-refractivity contribution >= 4 is 5.91 Å². The summed E-state index contributed by atoms with van der Waals surface area (Å²) in [5.74, 6) is -0.578. The molecule has 0 radical (unpaired) electrons. The first-order valence-corrected chi connectivity index (χ1v) is 24.9. The highest BCUT2D eigenvalue weighted by Crippen LogP contribution is 2.18. The predicted molar refractivity (Wildman–Crippen MR) is 238 cm³/mol. The number of amides is 1. The Morgan fingerprint density at radius 2 is 0.618 bits per heavy atom. The molecule has 5 N–H and O–H groups in total. The molecule has 6 heteroatoms. The molecule has 0 bridgehead atoms. The van der Waals surface area contributed by atoms with Gasteiger partial charge in [-0.15, -0.1) is 0 Å². The van der Waals surface area contributed by atoms with E-state index in [0.717, 1.165) is 38.5 Å². The van der Waals surface area contributed by atoms with E-state index in [1.54, 1.807) is 0 Å². The van der Waals surface area contributed by atoms with Gasteiger partial charge in [-0.05, 0) is 12.8 Å². The van der Waals surface area contributed by atoms with Crippen molar-refractivity contribution in [3.63, 3.8) is 0 Å². The van der Waals surface area contributed by atoms with Crippen molar-refractivity contribution < 1.29 is 25.2 Å². The zero-order valence-electron chi connectivity index (χ0n) is 37.2. The van der Waals surface area contributed by atoms with Gasteiger partial charge in [0.1, 0.15) is 12.2 Å². The topological polar surface area (TPSA) is 110 Å². The zero-order valence-corrected chi connectivity index (χ0v) is 37.2. The van der Waals surface area contributed by atoms with Crippen molar-refractivity contribution in [2.75, 3.05) is 6.61 Å². The predicted octanol–water partition coefficient (Wildman–Crippen LogP) is 13.6. The van der Waals surface area contributed by atoms with Crippen LogP contribution in [-0.2, 0) is 4.79 Å². The Morgan fingerprint density at radius 1 is 0.382 bits per heavy atom. The molecule has 0 aliphatic rings. The van der Waals surface area contributed by atoms with Crippen LogP contribution in [0, 0.1) is 0 Å². The van der Waals surface area contributed by atoms with Crippen LogP contribution in [0.25, 0.3) is 0 Å². The second-order valence-electron chi connectivity index (χ2n) is 17.5. The molecule has 0 heterocycles. The van der Waals surface area contributed by atoms with E-state index in [-0.39, 0.29) is 0 Å². The normalized spacial score (nSPS) is 13.9. The molecule has 6 nitrogen and oxygen atoms in total. The molecule has 0 aliphatic heterocycles. The van der Waals surface area contributed by atoms with E-state index in [2.05, 4.69) is 19.2 Å². The quantitative estimate of drug-likeness (QED) is 0.0395. The van der Waals surface area contributed by atoms with Gasteiger partial charge in [0.15, 0.2) is 0 Å². The molecule has 0 saturated carbocycles. The molecule has 0 aliphatic carbocycles. The maximum absolute atomic E-state index is 12.5. The third kappa shape index (κ3) is 38.6. The lowest BCUT2D eigenvalue weighted by molar-refractivity contribution is -0.132. The minimum atomic E-state index is -1.25. The second-order valence-corrected chi connectivity index (χ2v) is 17.5. The Balaban J connectivity index is 3.64. The van der Waals surface area contributed by atoms with Gasteiger partial charge in [-0.1, -0.05) is 264 Å². The van der Waals surface area contributed by atoms with Crippen LogP contribution in [0.3, 0.4) is 0 Å². The highest BCUT2D eigenvalue weighted by atomic mass is 16.3. The number of aliphatic hydroxyl groups excluding tert-OH is 4. The largest absolute Gasteiger partial charge is 0.394 e. The Morgan fingerprint density at radius 3 is 0.873 bits per heavy atom. The summed E-state index contributed by atoms with van der Waals surface area (Å²) in [6.07, 6.45) is 48.6. The summed E-state index contributed by atoms with van der Waals surface area (Å²) in [7, 11) is 0. The third-order valence-corrected chi connectivity index (χ3v) is 12.1. The summed E-state index contributed by atoms with van der Waals surface area (Å²) in [5, 5.41) is 43.9. The molecule has 4 atom stereocenters. The molecule has 0 spiro atoms. The van der Waals surface area contributed by atoms with Gasteiger partial charge < -0.3 is 25.7 Å². The molecule has 330 valence electrons. The van der Waals surface area contributed by atoms with Gasteiger partial charge in [-0.2, -0.15) is 0 Å². The van der Waals surface area contributed by atoms with Crippen LogP contribution in [-0.4, -0.2) is 57.3 Å². The summed E-state index contributed by atoms with van der Waals surface area (Å²) in [5.41, 5.74) is 0. The third-order valence-electron chi connectivity index (χ3n) is 12.1. The van der Waals surface area contributed by atoms with Gasteiger partial charge in [-0.25, -0.2) is 0 Å². The standard InChI is InChI=1S/C49H99NO5/c1-3-5-7-9-11-13-15-17-19-21-22-23-24-25-27-28-30-32-34-36-38-40-42-46(52)48(54)45(44-51)50-49(55)47(53)43-41-39-37-35-33-31-29-26-20-18-16-14-12-10-8-6-4-2/h45-48,51-54H,3-44H2,1-2H3,(H,50,55). The Kier molecular flexibility index (Phi) is 43.9. The van der Waals surface area contributed by atoms with Gasteiger partial charge in [0, 0.05) is 0 Å². The highest BCUT2D eigenvalue weighted by Gasteiger charge is 2.28. The molecule has 1 amide bonds. The van der Waals surface area contributed by atoms with Crippen molar-refractivity contribution in [2.24, 2.45) is 0 Å². The van der Waals surface area contributed by atoms with Gasteiger partial charge in [0.2, 0.25) is 5.91 Å². The Bertz CT molecular complexity index is 751. The second kappa shape index (κ2) is 44.4. The van der Waals surface area contributed by atoms with Gasteiger partial charge in [-0.3, -0.25) is 4.79 Å².